The Morgan fingerprint density at radius 3 is 2.76 bits per heavy atom. The first-order valence-electron chi connectivity index (χ1n) is 8.16. The molecule has 0 spiro atoms. The van der Waals surface area contributed by atoms with E-state index in [0.29, 0.717) is 30.6 Å². The van der Waals surface area contributed by atoms with Crippen LogP contribution < -0.4 is 10.1 Å². The molecule has 0 aromatic carbocycles. The fraction of sp³-hybridized carbons (Fsp3) is 0.500. The molecule has 3 aromatic heterocycles. The van der Waals surface area contributed by atoms with Gasteiger partial charge in [-0.15, -0.1) is 0 Å². The van der Waals surface area contributed by atoms with Crippen molar-refractivity contribution in [3.8, 4) is 5.88 Å². The number of nitrogens with zero attached hydrogens (tertiary/aromatic N) is 5. The number of ether oxygens (including phenoxy) is 1. The van der Waals surface area contributed by atoms with Crippen LogP contribution in [0.15, 0.2) is 6.20 Å². The lowest BCUT2D eigenvalue weighted by atomic mass is 10.1. The molecule has 0 atom stereocenters. The molecule has 3 heterocycles. The summed E-state index contributed by atoms with van der Waals surface area (Å²) in [6.45, 7) is 10.0. The number of aromatic amines is 1. The van der Waals surface area contributed by atoms with Gasteiger partial charge >= 0.3 is 0 Å². The lowest BCUT2D eigenvalue weighted by Gasteiger charge is -2.16. The largest absolute Gasteiger partial charge is 0.477 e. The molecule has 0 aliphatic carbocycles. The van der Waals surface area contributed by atoms with Crippen LogP contribution in [0.25, 0.3) is 11.0 Å². The molecule has 0 aliphatic heterocycles. The minimum atomic E-state index is -0.847. The molecule has 3 N–H and O–H groups in total. The van der Waals surface area contributed by atoms with E-state index in [-0.39, 0.29) is 0 Å². The van der Waals surface area contributed by atoms with Gasteiger partial charge in [0.15, 0.2) is 5.65 Å². The molecule has 0 saturated carbocycles. The summed E-state index contributed by atoms with van der Waals surface area (Å²) in [5.74, 6) is 0.871. The highest BCUT2D eigenvalue weighted by atomic mass is 16.5. The van der Waals surface area contributed by atoms with E-state index in [0.717, 1.165) is 22.5 Å². The van der Waals surface area contributed by atoms with Gasteiger partial charge in [-0.05, 0) is 34.6 Å². The minimum Gasteiger partial charge on any atom is -0.477 e. The zero-order valence-corrected chi connectivity index (χ0v) is 15.1. The highest BCUT2D eigenvalue weighted by molar-refractivity contribution is 5.84. The van der Waals surface area contributed by atoms with Crippen molar-refractivity contribution >= 4 is 22.7 Å². The molecule has 0 amide bonds. The molecule has 25 heavy (non-hydrogen) atoms. The van der Waals surface area contributed by atoms with Crippen molar-refractivity contribution in [1.29, 1.82) is 0 Å². The molecule has 9 heteroatoms. The summed E-state index contributed by atoms with van der Waals surface area (Å²) in [6.07, 6.45) is 1.82. The number of aromatic nitrogens is 6. The zero-order chi connectivity index (χ0) is 18.2. The molecule has 0 bridgehead atoms. The second-order valence-electron chi connectivity index (χ2n) is 6.60. The van der Waals surface area contributed by atoms with Gasteiger partial charge in [0.05, 0.1) is 30.1 Å². The van der Waals surface area contributed by atoms with Crippen molar-refractivity contribution in [3.63, 3.8) is 0 Å². The Bertz CT molecular complexity index is 892. The summed E-state index contributed by atoms with van der Waals surface area (Å²) < 4.78 is 7.33. The van der Waals surface area contributed by atoms with Crippen LogP contribution >= 0.6 is 0 Å². The summed E-state index contributed by atoms with van der Waals surface area (Å²) >= 11 is 0. The highest BCUT2D eigenvalue weighted by Gasteiger charge is 2.17. The van der Waals surface area contributed by atoms with E-state index in [2.05, 4.69) is 30.6 Å². The summed E-state index contributed by atoms with van der Waals surface area (Å²) in [7, 11) is 0. The van der Waals surface area contributed by atoms with Crippen LogP contribution in [0.4, 0.5) is 11.6 Å². The SMILES string of the molecule is CCOc1nc(Nc2cn(CC(C)(C)O)nc2C)nc2n[nH]c(C)c12. The van der Waals surface area contributed by atoms with Gasteiger partial charge in [-0.2, -0.15) is 20.2 Å². The Hall–Kier alpha value is -2.68. The Morgan fingerprint density at radius 2 is 2.08 bits per heavy atom. The highest BCUT2D eigenvalue weighted by Crippen LogP contribution is 2.27. The molecule has 3 rings (SSSR count). The third kappa shape index (κ3) is 3.71. The number of aryl methyl sites for hydroxylation is 2. The molecule has 0 radical (unpaired) electrons. The van der Waals surface area contributed by atoms with Gasteiger partial charge in [0.25, 0.3) is 0 Å². The Labute approximate surface area is 145 Å². The topological polar surface area (TPSA) is 114 Å². The van der Waals surface area contributed by atoms with Gasteiger partial charge in [-0.3, -0.25) is 9.78 Å². The van der Waals surface area contributed by atoms with E-state index in [9.17, 15) is 5.11 Å². The normalized spacial score (nSPS) is 11.9. The second kappa shape index (κ2) is 6.32. The lowest BCUT2D eigenvalue weighted by molar-refractivity contribution is 0.0577. The zero-order valence-electron chi connectivity index (χ0n) is 15.1. The number of H-pyrrole nitrogens is 1. The van der Waals surface area contributed by atoms with E-state index in [1.54, 1.807) is 18.5 Å². The van der Waals surface area contributed by atoms with Crippen LogP contribution in [-0.4, -0.2) is 47.3 Å². The van der Waals surface area contributed by atoms with Crippen molar-refractivity contribution in [2.24, 2.45) is 0 Å². The number of hydrogen-bond acceptors (Lipinski definition) is 7. The van der Waals surface area contributed by atoms with Gasteiger partial charge in [-0.25, -0.2) is 0 Å². The maximum absolute atomic E-state index is 9.94. The molecule has 134 valence electrons. The van der Waals surface area contributed by atoms with Gasteiger partial charge in [0, 0.05) is 11.9 Å². The van der Waals surface area contributed by atoms with Gasteiger partial charge < -0.3 is 15.2 Å². The maximum Gasteiger partial charge on any atom is 0.232 e. The third-order valence-corrected chi connectivity index (χ3v) is 3.58. The van der Waals surface area contributed by atoms with Gasteiger partial charge in [0.2, 0.25) is 11.8 Å². The van der Waals surface area contributed by atoms with Gasteiger partial charge in [-0.1, -0.05) is 0 Å². The molecule has 0 aliphatic rings. The predicted octanol–water partition coefficient (Wildman–Crippen LogP) is 2.08. The summed E-state index contributed by atoms with van der Waals surface area (Å²) in [5, 5.41) is 25.4. The maximum atomic E-state index is 9.94. The van der Waals surface area contributed by atoms with Crippen molar-refractivity contribution in [2.75, 3.05) is 11.9 Å². The van der Waals surface area contributed by atoms with Crippen LogP contribution in [0, 0.1) is 13.8 Å². The van der Waals surface area contributed by atoms with Crippen molar-refractivity contribution in [1.82, 2.24) is 29.9 Å². The van der Waals surface area contributed by atoms with Gasteiger partial charge in [0.1, 0.15) is 5.39 Å². The van der Waals surface area contributed by atoms with Crippen LogP contribution in [0.1, 0.15) is 32.2 Å². The van der Waals surface area contributed by atoms with E-state index >= 15 is 0 Å². The number of nitrogens with one attached hydrogen (secondary N) is 2. The average molecular weight is 345 g/mol. The predicted molar refractivity (Wildman–Crippen MR) is 94.1 cm³/mol. The van der Waals surface area contributed by atoms with Crippen LogP contribution in [0.2, 0.25) is 0 Å². The minimum absolute atomic E-state index is 0.383. The second-order valence-corrected chi connectivity index (χ2v) is 6.60. The number of rotatable bonds is 6. The Balaban J connectivity index is 1.93. The average Bonchev–Trinajstić information content (AvgIpc) is 3.01. The molecule has 0 saturated heterocycles. The van der Waals surface area contributed by atoms with Crippen molar-refractivity contribution in [3.05, 3.63) is 17.6 Å². The van der Waals surface area contributed by atoms with E-state index < -0.39 is 5.60 Å². The lowest BCUT2D eigenvalue weighted by Crippen LogP contribution is -2.26. The van der Waals surface area contributed by atoms with E-state index in [1.165, 1.54) is 0 Å². The Morgan fingerprint density at radius 1 is 1.32 bits per heavy atom. The fourth-order valence-corrected chi connectivity index (χ4v) is 2.57. The van der Waals surface area contributed by atoms with Crippen LogP contribution in [0.3, 0.4) is 0 Å². The van der Waals surface area contributed by atoms with E-state index in [4.69, 9.17) is 4.74 Å². The van der Waals surface area contributed by atoms with Crippen LogP contribution in [-0.2, 0) is 6.54 Å². The number of aliphatic hydroxyl groups is 1. The summed E-state index contributed by atoms with van der Waals surface area (Å²) in [5.41, 5.74) is 2.10. The molecule has 3 aromatic rings. The first-order chi connectivity index (χ1) is 11.8. The number of hydrogen-bond donors (Lipinski definition) is 3. The monoisotopic (exact) mass is 345 g/mol. The quantitative estimate of drug-likeness (QED) is 0.626. The first-order valence-corrected chi connectivity index (χ1v) is 8.16. The molecule has 0 unspecified atom stereocenters. The van der Waals surface area contributed by atoms with Crippen molar-refractivity contribution in [2.45, 2.75) is 46.8 Å². The molecule has 0 fully saturated rings. The first kappa shape index (κ1) is 17.2. The molecular formula is C16H23N7O2. The standard InChI is InChI=1S/C16H23N7O2/c1-6-25-14-12-10(3)20-21-13(12)18-15(19-14)17-11-7-23(22-9(11)2)8-16(4,5)24/h7,24H,6,8H2,1-5H3,(H2,17,18,19,20,21). The summed E-state index contributed by atoms with van der Waals surface area (Å²) in [6, 6.07) is 0. The fourth-order valence-electron chi connectivity index (χ4n) is 2.57. The third-order valence-electron chi connectivity index (χ3n) is 3.58. The number of anilines is 2. The molecule has 9 nitrogen and oxygen atoms in total. The Kier molecular flexibility index (Phi) is 4.34. The number of fused-ring (bicyclic) bond motifs is 1. The van der Waals surface area contributed by atoms with E-state index in [1.807, 2.05) is 27.0 Å². The molecular weight excluding hydrogens is 322 g/mol. The van der Waals surface area contributed by atoms with Crippen molar-refractivity contribution < 1.29 is 9.84 Å². The summed E-state index contributed by atoms with van der Waals surface area (Å²) in [4.78, 5) is 8.88. The smallest absolute Gasteiger partial charge is 0.232 e. The van der Waals surface area contributed by atoms with Crippen LogP contribution in [0.5, 0.6) is 5.88 Å².